The molecule has 1 atom stereocenters. The van der Waals surface area contributed by atoms with Gasteiger partial charge in [-0.1, -0.05) is 18.7 Å². The van der Waals surface area contributed by atoms with Crippen molar-refractivity contribution >= 4 is 23.1 Å². The number of hydrogen-bond donors (Lipinski definition) is 2. The van der Waals surface area contributed by atoms with Crippen LogP contribution in [-0.4, -0.2) is 34.5 Å². The quantitative estimate of drug-likeness (QED) is 0.713. The minimum Gasteiger partial charge on any atom is -0.394 e. The van der Waals surface area contributed by atoms with Crippen molar-refractivity contribution in [3.8, 4) is 0 Å². The van der Waals surface area contributed by atoms with Gasteiger partial charge in [0.2, 0.25) is 0 Å². The summed E-state index contributed by atoms with van der Waals surface area (Å²) in [6.07, 6.45) is 5.44. The molecule has 17 heavy (non-hydrogen) atoms. The number of aliphatic hydroxyl groups is 1. The molecule has 5 heteroatoms. The van der Waals surface area contributed by atoms with Gasteiger partial charge in [0.25, 0.3) is 0 Å². The Bertz CT molecular complexity index is 327. The molecule has 0 aliphatic heterocycles. The van der Waals surface area contributed by atoms with Gasteiger partial charge in [0.05, 0.1) is 12.1 Å². The van der Waals surface area contributed by atoms with Gasteiger partial charge in [0.1, 0.15) is 4.34 Å². The number of aromatic nitrogens is 1. The van der Waals surface area contributed by atoms with Crippen LogP contribution in [0.2, 0.25) is 0 Å². The van der Waals surface area contributed by atoms with E-state index in [9.17, 15) is 5.11 Å². The number of aliphatic hydroxyl groups excluding tert-OH is 1. The maximum Gasteiger partial charge on any atom is 0.149 e. The summed E-state index contributed by atoms with van der Waals surface area (Å²) < 4.78 is 1.10. The lowest BCUT2D eigenvalue weighted by Gasteiger charge is -2.33. The highest BCUT2D eigenvalue weighted by atomic mass is 32.2. The van der Waals surface area contributed by atoms with Gasteiger partial charge in [0, 0.05) is 17.3 Å². The van der Waals surface area contributed by atoms with E-state index in [-0.39, 0.29) is 12.1 Å². The van der Waals surface area contributed by atoms with E-state index in [4.69, 9.17) is 0 Å². The fraction of sp³-hybridized carbons (Fsp3) is 0.750. The first kappa shape index (κ1) is 13.3. The monoisotopic (exact) mass is 272 g/mol. The Labute approximate surface area is 111 Å². The van der Waals surface area contributed by atoms with Gasteiger partial charge in [-0.25, -0.2) is 4.98 Å². The van der Waals surface area contributed by atoms with Gasteiger partial charge in [-0.2, -0.15) is 0 Å². The Kier molecular flexibility index (Phi) is 4.85. The van der Waals surface area contributed by atoms with Crippen molar-refractivity contribution in [2.24, 2.45) is 5.92 Å². The van der Waals surface area contributed by atoms with Crippen molar-refractivity contribution in [3.05, 3.63) is 11.6 Å². The Morgan fingerprint density at radius 1 is 1.65 bits per heavy atom. The van der Waals surface area contributed by atoms with Gasteiger partial charge >= 0.3 is 0 Å². The van der Waals surface area contributed by atoms with E-state index in [1.54, 1.807) is 23.1 Å². The minimum absolute atomic E-state index is 0.0909. The van der Waals surface area contributed by atoms with Crippen molar-refractivity contribution in [1.82, 2.24) is 10.3 Å². The number of nitrogens with zero attached hydrogens (tertiary/aromatic N) is 1. The molecule has 1 heterocycles. The van der Waals surface area contributed by atoms with Crippen LogP contribution in [-0.2, 0) is 0 Å². The second-order valence-corrected chi connectivity index (χ2v) is 6.72. The Balaban J connectivity index is 1.94. The SMILES string of the molecule is CCCNC(CO)(CSc1nccs1)C1CC1. The lowest BCUT2D eigenvalue weighted by atomic mass is 9.96. The highest BCUT2D eigenvalue weighted by molar-refractivity contribution is 8.01. The average Bonchev–Trinajstić information content (AvgIpc) is 3.08. The van der Waals surface area contributed by atoms with E-state index in [2.05, 4.69) is 17.2 Å². The summed E-state index contributed by atoms with van der Waals surface area (Å²) in [5, 5.41) is 15.3. The minimum atomic E-state index is -0.0909. The van der Waals surface area contributed by atoms with Gasteiger partial charge in [-0.3, -0.25) is 0 Å². The first-order chi connectivity index (χ1) is 8.30. The first-order valence-electron chi connectivity index (χ1n) is 6.19. The number of thioether (sulfide) groups is 1. The van der Waals surface area contributed by atoms with Crippen LogP contribution in [0, 0.1) is 5.92 Å². The smallest absolute Gasteiger partial charge is 0.149 e. The highest BCUT2D eigenvalue weighted by Crippen LogP contribution is 2.42. The van der Waals surface area contributed by atoms with Crippen LogP contribution in [0.3, 0.4) is 0 Å². The topological polar surface area (TPSA) is 45.1 Å². The third-order valence-electron chi connectivity index (χ3n) is 3.23. The van der Waals surface area contributed by atoms with E-state index >= 15 is 0 Å². The first-order valence-corrected chi connectivity index (χ1v) is 8.05. The van der Waals surface area contributed by atoms with Crippen LogP contribution in [0.15, 0.2) is 15.9 Å². The third kappa shape index (κ3) is 3.44. The van der Waals surface area contributed by atoms with E-state index in [1.807, 2.05) is 11.6 Å². The molecule has 2 rings (SSSR count). The van der Waals surface area contributed by atoms with Crippen molar-refractivity contribution in [3.63, 3.8) is 0 Å². The second-order valence-electron chi connectivity index (χ2n) is 4.60. The summed E-state index contributed by atoms with van der Waals surface area (Å²) in [5.74, 6) is 1.56. The summed E-state index contributed by atoms with van der Waals surface area (Å²) >= 11 is 3.43. The Hall–Kier alpha value is -0.100. The van der Waals surface area contributed by atoms with Crippen LogP contribution < -0.4 is 5.32 Å². The number of hydrogen-bond acceptors (Lipinski definition) is 5. The van der Waals surface area contributed by atoms with Crippen LogP contribution in [0.5, 0.6) is 0 Å². The van der Waals surface area contributed by atoms with E-state index in [0.717, 1.165) is 23.1 Å². The molecule has 1 aliphatic rings. The van der Waals surface area contributed by atoms with Crippen molar-refractivity contribution in [2.45, 2.75) is 36.1 Å². The lowest BCUT2D eigenvalue weighted by Crippen LogP contribution is -2.53. The zero-order valence-electron chi connectivity index (χ0n) is 10.2. The Morgan fingerprint density at radius 2 is 2.47 bits per heavy atom. The molecule has 2 N–H and O–H groups in total. The largest absolute Gasteiger partial charge is 0.394 e. The van der Waals surface area contributed by atoms with Crippen LogP contribution in [0.1, 0.15) is 26.2 Å². The molecule has 0 aromatic carbocycles. The van der Waals surface area contributed by atoms with Crippen LogP contribution >= 0.6 is 23.1 Å². The molecule has 0 saturated heterocycles. The van der Waals surface area contributed by atoms with Crippen molar-refractivity contribution in [1.29, 1.82) is 0 Å². The molecule has 96 valence electrons. The zero-order chi connectivity index (χ0) is 12.1. The predicted octanol–water partition coefficient (Wildman–Crippen LogP) is 2.38. The third-order valence-corrected chi connectivity index (χ3v) is 5.45. The molecule has 0 radical (unpaired) electrons. The summed E-state index contributed by atoms with van der Waals surface area (Å²) in [4.78, 5) is 4.29. The number of nitrogens with one attached hydrogen (secondary N) is 1. The average molecular weight is 272 g/mol. The number of thiazole rings is 1. The summed E-state index contributed by atoms with van der Waals surface area (Å²) in [5.41, 5.74) is -0.0909. The van der Waals surface area contributed by atoms with Gasteiger partial charge in [-0.05, 0) is 31.7 Å². The molecule has 1 aliphatic carbocycles. The van der Waals surface area contributed by atoms with Crippen molar-refractivity contribution < 1.29 is 5.11 Å². The molecular formula is C12H20N2OS2. The van der Waals surface area contributed by atoms with Crippen LogP contribution in [0.25, 0.3) is 0 Å². The molecule has 0 spiro atoms. The van der Waals surface area contributed by atoms with Gasteiger partial charge in [-0.15, -0.1) is 11.3 Å². The highest BCUT2D eigenvalue weighted by Gasteiger charge is 2.44. The zero-order valence-corrected chi connectivity index (χ0v) is 11.8. The molecule has 0 amide bonds. The molecule has 1 aromatic rings. The predicted molar refractivity (Wildman–Crippen MR) is 73.7 cm³/mol. The maximum atomic E-state index is 9.75. The van der Waals surface area contributed by atoms with Gasteiger partial charge < -0.3 is 10.4 Å². The van der Waals surface area contributed by atoms with Crippen molar-refractivity contribution in [2.75, 3.05) is 18.9 Å². The maximum absolute atomic E-state index is 9.75. The fourth-order valence-corrected chi connectivity index (χ4v) is 3.95. The van der Waals surface area contributed by atoms with E-state index < -0.39 is 0 Å². The number of rotatable bonds is 8. The standard InChI is InChI=1S/C12H20N2OS2/c1-2-5-14-12(8-15,10-3-4-10)9-17-11-13-6-7-16-11/h6-7,10,14-15H,2-5,8-9H2,1H3. The molecular weight excluding hydrogens is 252 g/mol. The van der Waals surface area contributed by atoms with Crippen LogP contribution in [0.4, 0.5) is 0 Å². The molecule has 1 fully saturated rings. The van der Waals surface area contributed by atoms with E-state index in [0.29, 0.717) is 5.92 Å². The Morgan fingerprint density at radius 3 is 3.00 bits per heavy atom. The van der Waals surface area contributed by atoms with E-state index in [1.165, 1.54) is 12.8 Å². The molecule has 0 bridgehead atoms. The molecule has 1 saturated carbocycles. The summed E-state index contributed by atoms with van der Waals surface area (Å²) in [6.45, 7) is 3.38. The van der Waals surface area contributed by atoms with Gasteiger partial charge in [0.15, 0.2) is 0 Å². The lowest BCUT2D eigenvalue weighted by molar-refractivity contribution is 0.159. The second kappa shape index (κ2) is 6.18. The fourth-order valence-electron chi connectivity index (χ4n) is 2.03. The molecule has 3 nitrogen and oxygen atoms in total. The molecule has 1 aromatic heterocycles. The summed E-state index contributed by atoms with van der Waals surface area (Å²) in [6, 6.07) is 0. The molecule has 1 unspecified atom stereocenters. The normalized spacial score (nSPS) is 19.2. The summed E-state index contributed by atoms with van der Waals surface area (Å²) in [7, 11) is 0.